The first-order valence-electron chi connectivity index (χ1n) is 9.52. The molecule has 140 valence electrons. The summed E-state index contributed by atoms with van der Waals surface area (Å²) in [6.07, 6.45) is 28.2. The Bertz CT molecular complexity index is 840. The number of aryl methyl sites for hydroxylation is 1. The Morgan fingerprint density at radius 3 is 1.85 bits per heavy atom. The number of imidazole rings is 4. The molecule has 0 saturated carbocycles. The van der Waals surface area contributed by atoms with Gasteiger partial charge in [0, 0.05) is 18.6 Å². The third-order valence-corrected chi connectivity index (χ3v) is 5.16. The first kappa shape index (κ1) is 17.3. The van der Waals surface area contributed by atoms with Crippen LogP contribution < -0.4 is 4.48 Å². The number of unbranched alkanes of at least 4 members (excludes halogenated alkanes) is 3. The molecular weight excluding hydrogens is 339 g/mol. The van der Waals surface area contributed by atoms with Gasteiger partial charge in [-0.2, -0.15) is 0 Å². The van der Waals surface area contributed by atoms with E-state index in [4.69, 9.17) is 0 Å². The molecule has 0 unspecified atom stereocenters. The minimum atomic E-state index is -1.64. The molecular formula is C18H25BN8. The van der Waals surface area contributed by atoms with Gasteiger partial charge in [-0.3, -0.25) is 0 Å². The molecule has 4 rings (SSSR count). The van der Waals surface area contributed by atoms with E-state index in [1.54, 1.807) is 18.6 Å². The van der Waals surface area contributed by atoms with Crippen molar-refractivity contribution in [3.05, 3.63) is 74.9 Å². The summed E-state index contributed by atoms with van der Waals surface area (Å²) in [7, 11) is 0. The van der Waals surface area contributed by atoms with Crippen molar-refractivity contribution < 1.29 is 4.48 Å². The lowest BCUT2D eigenvalue weighted by Crippen LogP contribution is -2.77. The van der Waals surface area contributed by atoms with E-state index in [0.717, 1.165) is 6.54 Å². The second-order valence-electron chi connectivity index (χ2n) is 6.88. The Labute approximate surface area is 158 Å². The van der Waals surface area contributed by atoms with Crippen molar-refractivity contribution in [2.24, 2.45) is 0 Å². The van der Waals surface area contributed by atoms with Crippen molar-refractivity contribution in [1.29, 1.82) is 0 Å². The van der Waals surface area contributed by atoms with Crippen molar-refractivity contribution in [2.45, 2.75) is 39.2 Å². The van der Waals surface area contributed by atoms with Gasteiger partial charge in [0.2, 0.25) is 6.33 Å². The summed E-state index contributed by atoms with van der Waals surface area (Å²) in [5.41, 5.74) is 0. The van der Waals surface area contributed by atoms with Gasteiger partial charge in [0.15, 0.2) is 0 Å². The fraction of sp³-hybridized carbons (Fsp3) is 0.333. The maximum atomic E-state index is 4.30. The Hall–Kier alpha value is -3.10. The van der Waals surface area contributed by atoms with E-state index in [0.29, 0.717) is 0 Å². The molecule has 4 aromatic heterocycles. The smallest absolute Gasteiger partial charge is 0.433 e. The number of rotatable bonds is 9. The van der Waals surface area contributed by atoms with E-state index in [1.165, 1.54) is 25.7 Å². The van der Waals surface area contributed by atoms with Crippen molar-refractivity contribution in [3.8, 4) is 0 Å². The van der Waals surface area contributed by atoms with Crippen molar-refractivity contribution in [1.82, 2.24) is 33.0 Å². The van der Waals surface area contributed by atoms with Crippen LogP contribution in [0.4, 0.5) is 0 Å². The minimum Gasteiger partial charge on any atom is -0.433 e. The van der Waals surface area contributed by atoms with E-state index in [-0.39, 0.29) is 0 Å². The highest BCUT2D eigenvalue weighted by atomic mass is 15.4. The molecule has 8 nitrogen and oxygen atoms in total. The summed E-state index contributed by atoms with van der Waals surface area (Å²) >= 11 is 0. The molecule has 0 N–H and O–H groups in total. The van der Waals surface area contributed by atoms with Gasteiger partial charge in [0.25, 0.3) is 0 Å². The molecule has 0 aromatic carbocycles. The van der Waals surface area contributed by atoms with Gasteiger partial charge < -0.3 is 17.9 Å². The van der Waals surface area contributed by atoms with E-state index in [9.17, 15) is 0 Å². The third kappa shape index (κ3) is 3.09. The molecule has 0 fully saturated rings. The van der Waals surface area contributed by atoms with Crippen LogP contribution in [0.5, 0.6) is 0 Å². The second-order valence-corrected chi connectivity index (χ2v) is 6.88. The monoisotopic (exact) mass is 364 g/mol. The molecule has 4 heterocycles. The number of aromatic nitrogens is 8. The molecule has 0 aliphatic rings. The van der Waals surface area contributed by atoms with Gasteiger partial charge in [-0.15, -0.1) is 0 Å². The van der Waals surface area contributed by atoms with Crippen molar-refractivity contribution in [2.75, 3.05) is 0 Å². The molecule has 0 radical (unpaired) electrons. The molecule has 0 bridgehead atoms. The molecule has 4 aromatic rings. The highest BCUT2D eigenvalue weighted by Crippen LogP contribution is 2.11. The van der Waals surface area contributed by atoms with Crippen LogP contribution >= 0.6 is 0 Å². The maximum absolute atomic E-state index is 4.30. The zero-order valence-electron chi connectivity index (χ0n) is 15.6. The van der Waals surface area contributed by atoms with E-state index < -0.39 is 6.69 Å². The van der Waals surface area contributed by atoms with Gasteiger partial charge in [0.1, 0.15) is 6.20 Å². The van der Waals surface area contributed by atoms with Crippen LogP contribution in [-0.2, 0) is 6.54 Å². The fourth-order valence-electron chi connectivity index (χ4n) is 3.82. The summed E-state index contributed by atoms with van der Waals surface area (Å²) in [6, 6.07) is 0. The summed E-state index contributed by atoms with van der Waals surface area (Å²) in [6.45, 7) is 1.60. The molecule has 0 amide bonds. The lowest BCUT2D eigenvalue weighted by molar-refractivity contribution is -0.555. The SMILES string of the molecule is CCCCCCn1cc[n+]([B-](n2ccnc2)(n2ccnc2)n2ccnc2)c1. The van der Waals surface area contributed by atoms with Crippen LogP contribution in [0.15, 0.2) is 74.9 Å². The predicted octanol–water partition coefficient (Wildman–Crippen LogP) is 1.87. The molecule has 9 heteroatoms. The largest absolute Gasteiger partial charge is 0.505 e. The highest BCUT2D eigenvalue weighted by Gasteiger charge is 2.41. The lowest BCUT2D eigenvalue weighted by atomic mass is 9.72. The second kappa shape index (κ2) is 7.65. The van der Waals surface area contributed by atoms with Crippen LogP contribution in [0.3, 0.4) is 0 Å². The average Bonchev–Trinajstić information content (AvgIpc) is 3.50. The van der Waals surface area contributed by atoms with Crippen molar-refractivity contribution >= 4 is 6.69 Å². The van der Waals surface area contributed by atoms with Crippen LogP contribution in [0, 0.1) is 0 Å². The number of hydrogen-bond donors (Lipinski definition) is 0. The average molecular weight is 364 g/mol. The Kier molecular flexibility index (Phi) is 4.91. The van der Waals surface area contributed by atoms with Gasteiger partial charge in [-0.05, 0) is 31.4 Å². The maximum Gasteiger partial charge on any atom is 0.505 e. The van der Waals surface area contributed by atoms with Crippen LogP contribution in [0.2, 0.25) is 0 Å². The number of nitrogens with zero attached hydrogens (tertiary/aromatic N) is 8. The van der Waals surface area contributed by atoms with Gasteiger partial charge in [0.05, 0.1) is 31.7 Å². The van der Waals surface area contributed by atoms with Crippen molar-refractivity contribution in [3.63, 3.8) is 0 Å². The van der Waals surface area contributed by atoms with E-state index in [1.807, 2.05) is 37.6 Å². The lowest BCUT2D eigenvalue weighted by Gasteiger charge is -2.39. The zero-order chi connectivity index (χ0) is 18.5. The molecule has 0 saturated heterocycles. The summed E-state index contributed by atoms with van der Waals surface area (Å²) < 4.78 is 10.8. The molecule has 27 heavy (non-hydrogen) atoms. The summed E-state index contributed by atoms with van der Waals surface area (Å²) in [4.78, 5) is 12.9. The predicted molar refractivity (Wildman–Crippen MR) is 103 cm³/mol. The van der Waals surface area contributed by atoms with Gasteiger partial charge in [-0.25, -0.2) is 19.5 Å². The van der Waals surface area contributed by atoms with Gasteiger partial charge >= 0.3 is 6.69 Å². The minimum absolute atomic E-state index is 1.01. The first-order chi connectivity index (χ1) is 13.4. The van der Waals surface area contributed by atoms with Gasteiger partial charge in [-0.1, -0.05) is 19.8 Å². The summed E-state index contributed by atoms with van der Waals surface area (Å²) in [5, 5.41) is 0. The number of hydrogen-bond acceptors (Lipinski definition) is 3. The Balaban J connectivity index is 1.79. The Morgan fingerprint density at radius 2 is 1.37 bits per heavy atom. The highest BCUT2D eigenvalue weighted by molar-refractivity contribution is 6.66. The normalized spacial score (nSPS) is 11.9. The molecule has 0 aliphatic heterocycles. The standard InChI is InChI=1S/C18H25BN8/c1-2-3-4-5-9-23-13-14-27(18-23)19(24-10-6-20-15-24,25-11-7-21-16-25)26-12-8-22-17-26/h6-8,10-18H,2-5,9H2,1H3. The van der Waals surface area contributed by atoms with Crippen LogP contribution in [0.25, 0.3) is 0 Å². The molecule has 0 atom stereocenters. The molecule has 0 spiro atoms. The third-order valence-electron chi connectivity index (χ3n) is 5.16. The fourth-order valence-corrected chi connectivity index (χ4v) is 3.82. The summed E-state index contributed by atoms with van der Waals surface area (Å²) in [5.74, 6) is 0. The van der Waals surface area contributed by atoms with E-state index in [2.05, 4.69) is 63.1 Å². The quantitative estimate of drug-likeness (QED) is 0.337. The molecule has 0 aliphatic carbocycles. The van der Waals surface area contributed by atoms with Crippen LogP contribution in [0.1, 0.15) is 32.6 Å². The first-order valence-corrected chi connectivity index (χ1v) is 9.52. The topological polar surface area (TPSA) is 62.3 Å². The van der Waals surface area contributed by atoms with E-state index >= 15 is 0 Å². The Morgan fingerprint density at radius 1 is 0.778 bits per heavy atom. The van der Waals surface area contributed by atoms with Crippen LogP contribution in [-0.4, -0.2) is 39.6 Å². The zero-order valence-corrected chi connectivity index (χ0v) is 15.6.